The minimum Gasteiger partial charge on any atom is -0.486 e. The van der Waals surface area contributed by atoms with Gasteiger partial charge in [0.1, 0.15) is 13.2 Å². The Morgan fingerprint density at radius 3 is 2.60 bits per heavy atom. The summed E-state index contributed by atoms with van der Waals surface area (Å²) in [5, 5.41) is 9.68. The molecule has 0 saturated heterocycles. The number of rotatable bonds is 2. The quantitative estimate of drug-likeness (QED) is 0.444. The number of ether oxygens (including phenoxy) is 2. The van der Waals surface area contributed by atoms with Crippen molar-refractivity contribution in [3.8, 4) is 11.5 Å². The highest BCUT2D eigenvalue weighted by molar-refractivity contribution is 5.80. The molecule has 1 saturated carbocycles. The third-order valence-corrected chi connectivity index (χ3v) is 8.39. The zero-order valence-electron chi connectivity index (χ0n) is 20.2. The highest BCUT2D eigenvalue weighted by atomic mass is 16.6. The van der Waals surface area contributed by atoms with E-state index in [-0.39, 0.29) is 17.0 Å². The highest BCUT2D eigenvalue weighted by Gasteiger charge is 2.45. The second-order valence-electron chi connectivity index (χ2n) is 10.3. The van der Waals surface area contributed by atoms with Crippen LogP contribution >= 0.6 is 0 Å². The standard InChI is InChI=1S/C27H29N5O3/c1-17-19-13-22-23(35-12-11-34-22)14-20(19)27(9-5-6-10-27)16-31(17)15-24-28-29-26-30(2)25(33)18-7-3-4-8-21(18)32(24)26/h3-4,7-8,13-14,17H,5-6,9-12,15-16H2,1-2H3. The molecule has 1 atom stereocenters. The van der Waals surface area contributed by atoms with Gasteiger partial charge in [0, 0.05) is 25.0 Å². The molecule has 3 aliphatic rings. The van der Waals surface area contributed by atoms with E-state index in [0.717, 1.165) is 29.4 Å². The summed E-state index contributed by atoms with van der Waals surface area (Å²) in [6.07, 6.45) is 4.86. The fourth-order valence-corrected chi connectivity index (χ4v) is 6.57. The van der Waals surface area contributed by atoms with E-state index in [4.69, 9.17) is 9.47 Å². The molecule has 4 heterocycles. The number of aryl methyl sites for hydroxylation is 1. The van der Waals surface area contributed by atoms with Gasteiger partial charge in [-0.2, -0.15) is 0 Å². The molecule has 2 aromatic carbocycles. The van der Waals surface area contributed by atoms with Crippen LogP contribution in [0.25, 0.3) is 16.7 Å². The highest BCUT2D eigenvalue weighted by Crippen LogP contribution is 2.52. The molecule has 8 heteroatoms. The number of aromatic nitrogens is 4. The lowest BCUT2D eigenvalue weighted by molar-refractivity contribution is 0.122. The van der Waals surface area contributed by atoms with E-state index in [9.17, 15) is 4.79 Å². The van der Waals surface area contributed by atoms with Crippen molar-refractivity contribution in [1.29, 1.82) is 0 Å². The van der Waals surface area contributed by atoms with Gasteiger partial charge in [0.25, 0.3) is 5.56 Å². The third kappa shape index (κ3) is 2.99. The Kier molecular flexibility index (Phi) is 4.52. The molecule has 0 N–H and O–H groups in total. The maximum Gasteiger partial charge on any atom is 0.262 e. The fourth-order valence-electron chi connectivity index (χ4n) is 6.57. The molecule has 1 unspecified atom stereocenters. The summed E-state index contributed by atoms with van der Waals surface area (Å²) >= 11 is 0. The Morgan fingerprint density at radius 1 is 1.06 bits per heavy atom. The number of hydrogen-bond acceptors (Lipinski definition) is 6. The van der Waals surface area contributed by atoms with Crippen molar-refractivity contribution in [1.82, 2.24) is 24.1 Å². The largest absolute Gasteiger partial charge is 0.486 e. The molecule has 2 aromatic heterocycles. The van der Waals surface area contributed by atoms with Crippen molar-refractivity contribution < 1.29 is 9.47 Å². The smallest absolute Gasteiger partial charge is 0.262 e. The molecule has 0 amide bonds. The number of nitrogens with zero attached hydrogens (tertiary/aromatic N) is 5. The second kappa shape index (κ2) is 7.55. The Hall–Kier alpha value is -3.39. The van der Waals surface area contributed by atoms with E-state index >= 15 is 0 Å². The zero-order chi connectivity index (χ0) is 23.7. The van der Waals surface area contributed by atoms with Crippen LogP contribution in [0.5, 0.6) is 11.5 Å². The van der Waals surface area contributed by atoms with Crippen LogP contribution in [0.4, 0.5) is 0 Å². The van der Waals surface area contributed by atoms with Crippen molar-refractivity contribution >= 4 is 16.7 Å². The number of hydrogen-bond donors (Lipinski definition) is 0. The van der Waals surface area contributed by atoms with Gasteiger partial charge >= 0.3 is 0 Å². The predicted molar refractivity (Wildman–Crippen MR) is 132 cm³/mol. The number of fused-ring (bicyclic) bond motifs is 6. The van der Waals surface area contributed by atoms with Crippen LogP contribution in [-0.2, 0) is 19.0 Å². The van der Waals surface area contributed by atoms with E-state index in [2.05, 4.69) is 34.2 Å². The summed E-state index contributed by atoms with van der Waals surface area (Å²) in [6, 6.07) is 12.4. The van der Waals surface area contributed by atoms with E-state index in [0.29, 0.717) is 30.9 Å². The maximum atomic E-state index is 12.9. The van der Waals surface area contributed by atoms with Crippen molar-refractivity contribution in [2.75, 3.05) is 19.8 Å². The molecule has 1 fully saturated rings. The van der Waals surface area contributed by atoms with Crippen LogP contribution in [0, 0.1) is 0 Å². The Bertz CT molecular complexity index is 1530. The van der Waals surface area contributed by atoms with Crippen molar-refractivity contribution in [2.45, 2.75) is 50.6 Å². The first-order valence-corrected chi connectivity index (χ1v) is 12.6. The summed E-state index contributed by atoms with van der Waals surface area (Å²) in [5.41, 5.74) is 3.68. The van der Waals surface area contributed by atoms with Crippen LogP contribution in [0.3, 0.4) is 0 Å². The van der Waals surface area contributed by atoms with Crippen LogP contribution in [0.15, 0.2) is 41.2 Å². The minimum atomic E-state index is -0.0516. The van der Waals surface area contributed by atoms with Crippen LogP contribution in [0.2, 0.25) is 0 Å². The lowest BCUT2D eigenvalue weighted by Crippen LogP contribution is -2.46. The Morgan fingerprint density at radius 2 is 1.80 bits per heavy atom. The van der Waals surface area contributed by atoms with Gasteiger partial charge in [-0.05, 0) is 55.2 Å². The van der Waals surface area contributed by atoms with Crippen LogP contribution < -0.4 is 15.0 Å². The summed E-state index contributed by atoms with van der Waals surface area (Å²) in [5.74, 6) is 3.17. The predicted octanol–water partition coefficient (Wildman–Crippen LogP) is 3.74. The van der Waals surface area contributed by atoms with Gasteiger partial charge in [-0.1, -0.05) is 25.0 Å². The SMILES string of the molecule is CC1c2cc3c(cc2C2(CCCC2)CN1Cc1nnc2n(C)c(=O)c4ccccc4n12)OCCO3. The first-order valence-electron chi connectivity index (χ1n) is 12.6. The van der Waals surface area contributed by atoms with Gasteiger partial charge in [-0.25, -0.2) is 0 Å². The third-order valence-electron chi connectivity index (χ3n) is 8.39. The molecule has 8 nitrogen and oxygen atoms in total. The molecule has 0 bridgehead atoms. The van der Waals surface area contributed by atoms with Crippen LogP contribution in [0.1, 0.15) is 55.6 Å². The fraction of sp³-hybridized carbons (Fsp3) is 0.444. The molecule has 0 radical (unpaired) electrons. The van der Waals surface area contributed by atoms with E-state index < -0.39 is 0 Å². The molecule has 35 heavy (non-hydrogen) atoms. The molecule has 7 rings (SSSR count). The molecule has 1 aliphatic carbocycles. The van der Waals surface area contributed by atoms with E-state index in [1.807, 2.05) is 28.7 Å². The molecule has 2 aliphatic heterocycles. The minimum absolute atomic E-state index is 0.0516. The topological polar surface area (TPSA) is 73.9 Å². The first kappa shape index (κ1) is 20.9. The summed E-state index contributed by atoms with van der Waals surface area (Å²) in [7, 11) is 1.76. The van der Waals surface area contributed by atoms with Crippen molar-refractivity contribution in [2.24, 2.45) is 7.05 Å². The average molecular weight is 472 g/mol. The van der Waals surface area contributed by atoms with Gasteiger partial charge in [-0.15, -0.1) is 10.2 Å². The van der Waals surface area contributed by atoms with Gasteiger partial charge in [-0.3, -0.25) is 18.7 Å². The Labute approximate surface area is 203 Å². The van der Waals surface area contributed by atoms with Gasteiger partial charge in [0.15, 0.2) is 17.3 Å². The summed E-state index contributed by atoms with van der Waals surface area (Å²) in [4.78, 5) is 15.4. The molecular formula is C27H29N5O3. The van der Waals surface area contributed by atoms with E-state index in [1.54, 1.807) is 11.6 Å². The van der Waals surface area contributed by atoms with Crippen molar-refractivity contribution in [3.05, 3.63) is 63.7 Å². The molecule has 4 aromatic rings. The van der Waals surface area contributed by atoms with Crippen molar-refractivity contribution in [3.63, 3.8) is 0 Å². The maximum absolute atomic E-state index is 12.9. The van der Waals surface area contributed by atoms with Gasteiger partial charge in [0.05, 0.1) is 17.4 Å². The lowest BCUT2D eigenvalue weighted by atomic mass is 9.71. The van der Waals surface area contributed by atoms with Gasteiger partial charge < -0.3 is 9.47 Å². The lowest BCUT2D eigenvalue weighted by Gasteiger charge is -2.46. The Balaban J connectivity index is 1.35. The normalized spacial score (nSPS) is 21.1. The molecule has 1 spiro atoms. The van der Waals surface area contributed by atoms with E-state index in [1.165, 1.54) is 36.8 Å². The zero-order valence-corrected chi connectivity index (χ0v) is 20.2. The summed E-state index contributed by atoms with van der Waals surface area (Å²) < 4.78 is 15.6. The summed E-state index contributed by atoms with van der Waals surface area (Å²) in [6.45, 7) is 5.09. The average Bonchev–Trinajstić information content (AvgIpc) is 3.53. The number of para-hydroxylation sites is 1. The molecular weight excluding hydrogens is 442 g/mol. The van der Waals surface area contributed by atoms with Crippen LogP contribution in [-0.4, -0.2) is 43.8 Å². The number of benzene rings is 2. The van der Waals surface area contributed by atoms with Gasteiger partial charge in [0.2, 0.25) is 5.78 Å². The second-order valence-corrected chi connectivity index (χ2v) is 10.3. The first-order chi connectivity index (χ1) is 17.1. The monoisotopic (exact) mass is 471 g/mol. The molecule has 180 valence electrons.